The molecule has 1 aromatic heterocycles. The van der Waals surface area contributed by atoms with Crippen LogP contribution in [0, 0.1) is 5.82 Å². The van der Waals surface area contributed by atoms with Crippen LogP contribution in [0.3, 0.4) is 0 Å². The Morgan fingerprint density at radius 1 is 1.50 bits per heavy atom. The van der Waals surface area contributed by atoms with E-state index in [0.29, 0.717) is 10.5 Å². The molecule has 1 aromatic carbocycles. The monoisotopic (exact) mass is 354 g/mol. The molecule has 1 atom stereocenters. The predicted molar refractivity (Wildman–Crippen MR) is 84.6 cm³/mol. The zero-order valence-electron chi connectivity index (χ0n) is 11.2. The van der Waals surface area contributed by atoms with Gasteiger partial charge in [-0.25, -0.2) is 9.37 Å². The maximum Gasteiger partial charge on any atom is 0.138 e. The minimum absolute atomic E-state index is 0.237. The summed E-state index contributed by atoms with van der Waals surface area (Å²) in [5.41, 5.74) is 2.03. The molecular formula is C15H16BrFN2S. The van der Waals surface area contributed by atoms with Crippen molar-refractivity contribution in [2.45, 2.75) is 32.2 Å². The summed E-state index contributed by atoms with van der Waals surface area (Å²) in [6, 6.07) is 5.57. The van der Waals surface area contributed by atoms with E-state index < -0.39 is 0 Å². The van der Waals surface area contributed by atoms with Gasteiger partial charge in [0.15, 0.2) is 0 Å². The molecular weight excluding hydrogens is 339 g/mol. The van der Waals surface area contributed by atoms with Gasteiger partial charge in [0, 0.05) is 10.4 Å². The van der Waals surface area contributed by atoms with Gasteiger partial charge in [-0.2, -0.15) is 0 Å². The highest BCUT2D eigenvalue weighted by Crippen LogP contribution is 2.37. The molecule has 2 aromatic rings. The molecule has 0 saturated heterocycles. The van der Waals surface area contributed by atoms with Crippen molar-refractivity contribution in [3.63, 3.8) is 0 Å². The minimum atomic E-state index is -0.237. The Bertz CT molecular complexity index is 626. The molecule has 0 aliphatic heterocycles. The number of nitrogens with one attached hydrogen (secondary N) is 1. The number of hydrogen-bond donors (Lipinski definition) is 1. The molecule has 20 heavy (non-hydrogen) atoms. The van der Waals surface area contributed by atoms with Crippen molar-refractivity contribution >= 4 is 27.3 Å². The number of aryl methyl sites for hydroxylation is 1. The molecule has 0 saturated carbocycles. The lowest BCUT2D eigenvalue weighted by molar-refractivity contribution is 0.465. The summed E-state index contributed by atoms with van der Waals surface area (Å²) in [4.78, 5) is 6.11. The van der Waals surface area contributed by atoms with Crippen molar-refractivity contribution in [3.05, 3.63) is 39.1 Å². The number of rotatable bonds is 3. The van der Waals surface area contributed by atoms with Crippen LogP contribution in [-0.2, 0) is 6.42 Å². The first-order chi connectivity index (χ1) is 9.69. The minimum Gasteiger partial charge on any atom is -0.309 e. The molecule has 0 amide bonds. The smallest absolute Gasteiger partial charge is 0.138 e. The van der Waals surface area contributed by atoms with E-state index in [-0.39, 0.29) is 5.82 Å². The van der Waals surface area contributed by atoms with Crippen LogP contribution in [0.4, 0.5) is 4.39 Å². The zero-order valence-corrected chi connectivity index (χ0v) is 13.7. The summed E-state index contributed by atoms with van der Waals surface area (Å²) in [5.74, 6) is -0.237. The highest BCUT2D eigenvalue weighted by molar-refractivity contribution is 9.10. The van der Waals surface area contributed by atoms with E-state index >= 15 is 0 Å². The largest absolute Gasteiger partial charge is 0.309 e. The predicted octanol–water partition coefficient (Wildman–Crippen LogP) is 4.70. The van der Waals surface area contributed by atoms with Crippen LogP contribution in [0.2, 0.25) is 0 Å². The van der Waals surface area contributed by atoms with Gasteiger partial charge >= 0.3 is 0 Å². The van der Waals surface area contributed by atoms with Crippen molar-refractivity contribution < 1.29 is 4.39 Å². The normalized spacial score (nSPS) is 18.1. The van der Waals surface area contributed by atoms with Crippen molar-refractivity contribution in [2.75, 3.05) is 6.54 Å². The Morgan fingerprint density at radius 2 is 2.35 bits per heavy atom. The summed E-state index contributed by atoms with van der Waals surface area (Å²) >= 11 is 4.89. The van der Waals surface area contributed by atoms with E-state index in [1.54, 1.807) is 23.5 Å². The molecule has 1 aliphatic rings. The molecule has 1 N–H and O–H groups in total. The lowest BCUT2D eigenvalue weighted by atomic mass is 9.98. The molecule has 1 unspecified atom stereocenters. The summed E-state index contributed by atoms with van der Waals surface area (Å²) in [5, 5.41) is 4.41. The van der Waals surface area contributed by atoms with Crippen molar-refractivity contribution in [2.24, 2.45) is 0 Å². The molecule has 106 valence electrons. The number of benzene rings is 1. The fraction of sp³-hybridized carbons (Fsp3) is 0.400. The van der Waals surface area contributed by atoms with Crippen LogP contribution in [0.1, 0.15) is 36.4 Å². The maximum atomic E-state index is 13.7. The fourth-order valence-corrected chi connectivity index (χ4v) is 4.02. The number of hydrogen-bond acceptors (Lipinski definition) is 3. The van der Waals surface area contributed by atoms with E-state index in [1.807, 2.05) is 6.07 Å². The number of fused-ring (bicyclic) bond motifs is 1. The Labute approximate surface area is 130 Å². The summed E-state index contributed by atoms with van der Waals surface area (Å²) < 4.78 is 14.2. The lowest BCUT2D eigenvalue weighted by Crippen LogP contribution is -2.24. The van der Waals surface area contributed by atoms with Gasteiger partial charge in [-0.1, -0.05) is 13.0 Å². The van der Waals surface area contributed by atoms with Crippen LogP contribution in [0.25, 0.3) is 10.6 Å². The third-order valence-corrected chi connectivity index (χ3v) is 5.39. The number of thiazole rings is 1. The summed E-state index contributed by atoms with van der Waals surface area (Å²) in [6.45, 7) is 3.07. The average Bonchev–Trinajstić information content (AvgIpc) is 2.87. The molecule has 0 radical (unpaired) electrons. The van der Waals surface area contributed by atoms with Gasteiger partial charge in [-0.15, -0.1) is 11.3 Å². The third kappa shape index (κ3) is 2.67. The van der Waals surface area contributed by atoms with E-state index in [2.05, 4.69) is 28.2 Å². The number of nitrogens with zero attached hydrogens (tertiary/aromatic N) is 1. The zero-order chi connectivity index (χ0) is 14.1. The Hall–Kier alpha value is -0.780. The average molecular weight is 355 g/mol. The van der Waals surface area contributed by atoms with Crippen LogP contribution < -0.4 is 5.32 Å². The highest BCUT2D eigenvalue weighted by atomic mass is 79.9. The van der Waals surface area contributed by atoms with Crippen molar-refractivity contribution in [3.8, 4) is 10.6 Å². The first-order valence-electron chi connectivity index (χ1n) is 6.87. The second kappa shape index (κ2) is 5.92. The van der Waals surface area contributed by atoms with Crippen LogP contribution in [0.15, 0.2) is 22.7 Å². The van der Waals surface area contributed by atoms with Crippen LogP contribution in [-0.4, -0.2) is 11.5 Å². The van der Waals surface area contributed by atoms with E-state index in [4.69, 9.17) is 4.98 Å². The Balaban J connectivity index is 1.97. The first-order valence-corrected chi connectivity index (χ1v) is 8.48. The van der Waals surface area contributed by atoms with E-state index in [1.165, 1.54) is 17.0 Å². The van der Waals surface area contributed by atoms with Crippen molar-refractivity contribution in [1.82, 2.24) is 10.3 Å². The van der Waals surface area contributed by atoms with Gasteiger partial charge in [0.2, 0.25) is 0 Å². The van der Waals surface area contributed by atoms with Crippen molar-refractivity contribution in [1.29, 1.82) is 0 Å². The number of halogens is 2. The first kappa shape index (κ1) is 14.2. The quantitative estimate of drug-likeness (QED) is 0.863. The number of aromatic nitrogens is 1. The van der Waals surface area contributed by atoms with Gasteiger partial charge < -0.3 is 5.32 Å². The van der Waals surface area contributed by atoms with Gasteiger partial charge in [0.05, 0.1) is 16.2 Å². The standard InChI is InChI=1S/C15H16BrFN2S/c1-2-18-12-4-3-5-13-14(12)19-15(20-13)9-6-7-10(16)11(17)8-9/h6-8,12,18H,2-5H2,1H3. The molecule has 0 spiro atoms. The van der Waals surface area contributed by atoms with Gasteiger partial charge in [0.25, 0.3) is 0 Å². The van der Waals surface area contributed by atoms with E-state index in [9.17, 15) is 4.39 Å². The lowest BCUT2D eigenvalue weighted by Gasteiger charge is -2.21. The van der Waals surface area contributed by atoms with Crippen LogP contribution >= 0.6 is 27.3 Å². The summed E-state index contributed by atoms with van der Waals surface area (Å²) in [6.07, 6.45) is 3.42. The van der Waals surface area contributed by atoms with E-state index in [0.717, 1.165) is 30.0 Å². The molecule has 0 fully saturated rings. The SMILES string of the molecule is CCNC1CCCc2sc(-c3ccc(Br)c(F)c3)nc21. The molecule has 1 aliphatic carbocycles. The van der Waals surface area contributed by atoms with Gasteiger partial charge in [-0.3, -0.25) is 0 Å². The Kier molecular flexibility index (Phi) is 4.19. The molecule has 5 heteroatoms. The third-order valence-electron chi connectivity index (χ3n) is 3.57. The van der Waals surface area contributed by atoms with Gasteiger partial charge in [-0.05, 0) is 53.9 Å². The fourth-order valence-electron chi connectivity index (χ4n) is 2.62. The van der Waals surface area contributed by atoms with Gasteiger partial charge in [0.1, 0.15) is 10.8 Å². The second-order valence-corrected chi connectivity index (χ2v) is 6.90. The maximum absolute atomic E-state index is 13.7. The Morgan fingerprint density at radius 3 is 3.10 bits per heavy atom. The summed E-state index contributed by atoms with van der Waals surface area (Å²) in [7, 11) is 0. The molecule has 3 rings (SSSR count). The van der Waals surface area contributed by atoms with Crippen LogP contribution in [0.5, 0.6) is 0 Å². The molecule has 1 heterocycles. The molecule has 0 bridgehead atoms. The molecule has 2 nitrogen and oxygen atoms in total. The highest BCUT2D eigenvalue weighted by Gasteiger charge is 2.24. The topological polar surface area (TPSA) is 24.9 Å². The second-order valence-electron chi connectivity index (χ2n) is 4.96.